The van der Waals surface area contributed by atoms with Crippen molar-refractivity contribution in [3.63, 3.8) is 0 Å². The van der Waals surface area contributed by atoms with Gasteiger partial charge in [0.05, 0.1) is 5.38 Å². The summed E-state index contributed by atoms with van der Waals surface area (Å²) in [5.74, 6) is -3.90. The smallest absolute Gasteiger partial charge is 0.194 e. The quantitative estimate of drug-likeness (QED) is 0.553. The van der Waals surface area contributed by atoms with Gasteiger partial charge in [-0.2, -0.15) is 0 Å². The van der Waals surface area contributed by atoms with Crippen molar-refractivity contribution in [2.45, 2.75) is 18.7 Å². The molecule has 1 unspecified atom stereocenters. The summed E-state index contributed by atoms with van der Waals surface area (Å²) in [5, 5.41) is -0.606. The van der Waals surface area contributed by atoms with Crippen molar-refractivity contribution < 1.29 is 13.2 Å². The Kier molecular flexibility index (Phi) is 4.15. The lowest BCUT2D eigenvalue weighted by Crippen LogP contribution is -2.01. The largest absolute Gasteiger partial charge is 0.204 e. The zero-order valence-corrected chi connectivity index (χ0v) is 11.0. The summed E-state index contributed by atoms with van der Waals surface area (Å²) in [7, 11) is 0. The summed E-state index contributed by atoms with van der Waals surface area (Å²) in [6, 6.07) is 9.49. The molecular weight excluding hydrogens is 273 g/mol. The number of benzene rings is 2. The van der Waals surface area contributed by atoms with Crippen LogP contribution in [0.2, 0.25) is 0 Å². The Hall–Kier alpha value is -1.48. The first-order valence-electron chi connectivity index (χ1n) is 5.82. The van der Waals surface area contributed by atoms with E-state index in [4.69, 9.17) is 11.6 Å². The molecule has 0 bridgehead atoms. The Morgan fingerprint density at radius 1 is 1.05 bits per heavy atom. The highest BCUT2D eigenvalue weighted by atomic mass is 35.5. The molecule has 2 aromatic carbocycles. The second kappa shape index (κ2) is 5.66. The molecule has 0 saturated carbocycles. The fourth-order valence-electron chi connectivity index (χ4n) is 1.91. The highest BCUT2D eigenvalue weighted by Gasteiger charge is 2.16. The maximum atomic E-state index is 13.1. The second-order valence-corrected chi connectivity index (χ2v) is 4.92. The van der Waals surface area contributed by atoms with Gasteiger partial charge < -0.3 is 0 Å². The van der Waals surface area contributed by atoms with Gasteiger partial charge in [0.25, 0.3) is 0 Å². The maximum Gasteiger partial charge on any atom is 0.194 e. The molecule has 1 atom stereocenters. The van der Waals surface area contributed by atoms with Crippen LogP contribution in [0.4, 0.5) is 13.2 Å². The third-order valence-electron chi connectivity index (χ3n) is 3.03. The van der Waals surface area contributed by atoms with E-state index in [2.05, 4.69) is 0 Å². The van der Waals surface area contributed by atoms with Crippen molar-refractivity contribution >= 4 is 11.6 Å². The van der Waals surface area contributed by atoms with Gasteiger partial charge in [-0.05, 0) is 42.2 Å². The normalized spacial score (nSPS) is 12.5. The molecule has 0 N–H and O–H groups in total. The molecule has 0 aliphatic carbocycles. The van der Waals surface area contributed by atoms with Crippen LogP contribution in [-0.4, -0.2) is 0 Å². The fraction of sp³-hybridized carbons (Fsp3) is 0.200. The molecule has 0 aliphatic rings. The van der Waals surface area contributed by atoms with E-state index in [9.17, 15) is 13.2 Å². The lowest BCUT2D eigenvalue weighted by Gasteiger charge is -2.12. The first kappa shape index (κ1) is 13.9. The van der Waals surface area contributed by atoms with Crippen LogP contribution in [0.3, 0.4) is 0 Å². The molecule has 0 amide bonds. The molecular formula is C15H12ClF3. The second-order valence-electron chi connectivity index (χ2n) is 4.40. The highest BCUT2D eigenvalue weighted by Crippen LogP contribution is 2.28. The van der Waals surface area contributed by atoms with Gasteiger partial charge in [0.15, 0.2) is 17.5 Å². The van der Waals surface area contributed by atoms with E-state index in [1.807, 2.05) is 31.2 Å². The molecule has 4 heteroatoms. The van der Waals surface area contributed by atoms with E-state index in [0.717, 1.165) is 23.3 Å². The van der Waals surface area contributed by atoms with Gasteiger partial charge in [0.2, 0.25) is 0 Å². The Bertz CT molecular complexity index is 573. The van der Waals surface area contributed by atoms with E-state index in [1.165, 1.54) is 0 Å². The Balaban J connectivity index is 2.26. The average Bonchev–Trinajstić information content (AvgIpc) is 2.38. The first-order valence-corrected chi connectivity index (χ1v) is 6.25. The Morgan fingerprint density at radius 3 is 2.21 bits per heavy atom. The van der Waals surface area contributed by atoms with Gasteiger partial charge in [0, 0.05) is 0 Å². The fourth-order valence-corrected chi connectivity index (χ4v) is 2.20. The van der Waals surface area contributed by atoms with E-state index < -0.39 is 22.8 Å². The van der Waals surface area contributed by atoms with Crippen molar-refractivity contribution in [3.05, 3.63) is 70.5 Å². The van der Waals surface area contributed by atoms with Crippen LogP contribution >= 0.6 is 11.6 Å². The molecule has 0 aromatic heterocycles. The lowest BCUT2D eigenvalue weighted by molar-refractivity contribution is 0.445. The standard InChI is InChI=1S/C15H12ClF3/c1-9-4-2-3-5-10(9)6-12(16)11-7-13(17)15(19)14(18)8-11/h2-5,7-8,12H,6H2,1H3. The van der Waals surface area contributed by atoms with Gasteiger partial charge >= 0.3 is 0 Å². The van der Waals surface area contributed by atoms with Crippen molar-refractivity contribution in [2.75, 3.05) is 0 Å². The summed E-state index contributed by atoms with van der Waals surface area (Å²) in [4.78, 5) is 0. The van der Waals surface area contributed by atoms with Crippen LogP contribution < -0.4 is 0 Å². The molecule has 0 saturated heterocycles. The van der Waals surface area contributed by atoms with Gasteiger partial charge in [-0.15, -0.1) is 11.6 Å². The topological polar surface area (TPSA) is 0 Å². The zero-order chi connectivity index (χ0) is 14.0. The number of hydrogen-bond acceptors (Lipinski definition) is 0. The molecule has 0 spiro atoms. The predicted octanol–water partition coefficient (Wildman–Crippen LogP) is 4.93. The third kappa shape index (κ3) is 3.10. The lowest BCUT2D eigenvalue weighted by atomic mass is 10.00. The highest BCUT2D eigenvalue weighted by molar-refractivity contribution is 6.20. The summed E-state index contributed by atoms with van der Waals surface area (Å²) in [6.07, 6.45) is 0.429. The minimum atomic E-state index is -1.47. The van der Waals surface area contributed by atoms with E-state index in [-0.39, 0.29) is 5.56 Å². The number of rotatable bonds is 3. The minimum absolute atomic E-state index is 0.237. The summed E-state index contributed by atoms with van der Waals surface area (Å²) >= 11 is 6.15. The molecule has 0 radical (unpaired) electrons. The van der Waals surface area contributed by atoms with Gasteiger partial charge in [-0.3, -0.25) is 0 Å². The molecule has 2 rings (SSSR count). The molecule has 19 heavy (non-hydrogen) atoms. The maximum absolute atomic E-state index is 13.1. The van der Waals surface area contributed by atoms with Crippen LogP contribution in [0.5, 0.6) is 0 Å². The molecule has 0 aliphatic heterocycles. The van der Waals surface area contributed by atoms with E-state index >= 15 is 0 Å². The molecule has 2 aromatic rings. The number of alkyl halides is 1. The third-order valence-corrected chi connectivity index (χ3v) is 3.43. The van der Waals surface area contributed by atoms with Gasteiger partial charge in [-0.1, -0.05) is 24.3 Å². The average molecular weight is 285 g/mol. The molecule has 0 nitrogen and oxygen atoms in total. The monoisotopic (exact) mass is 284 g/mol. The first-order chi connectivity index (χ1) is 8.99. The van der Waals surface area contributed by atoms with Crippen LogP contribution in [-0.2, 0) is 6.42 Å². The van der Waals surface area contributed by atoms with Crippen LogP contribution in [0, 0.1) is 24.4 Å². The predicted molar refractivity (Wildman–Crippen MR) is 69.8 cm³/mol. The Morgan fingerprint density at radius 2 is 1.63 bits per heavy atom. The Labute approximate surface area is 114 Å². The van der Waals surface area contributed by atoms with Crippen LogP contribution in [0.15, 0.2) is 36.4 Å². The number of halogens is 4. The summed E-state index contributed by atoms with van der Waals surface area (Å²) in [5.41, 5.74) is 2.28. The molecule has 0 heterocycles. The van der Waals surface area contributed by atoms with Crippen molar-refractivity contribution in [2.24, 2.45) is 0 Å². The van der Waals surface area contributed by atoms with Crippen LogP contribution in [0.25, 0.3) is 0 Å². The molecule has 0 fully saturated rings. The SMILES string of the molecule is Cc1ccccc1CC(Cl)c1cc(F)c(F)c(F)c1. The van der Waals surface area contributed by atoms with Crippen molar-refractivity contribution in [1.82, 2.24) is 0 Å². The van der Waals surface area contributed by atoms with Crippen LogP contribution in [0.1, 0.15) is 22.1 Å². The van der Waals surface area contributed by atoms with E-state index in [0.29, 0.717) is 6.42 Å². The molecule has 100 valence electrons. The van der Waals surface area contributed by atoms with E-state index in [1.54, 1.807) is 0 Å². The summed E-state index contributed by atoms with van der Waals surface area (Å²) in [6.45, 7) is 1.94. The van der Waals surface area contributed by atoms with Gasteiger partial charge in [-0.25, -0.2) is 13.2 Å². The van der Waals surface area contributed by atoms with Gasteiger partial charge in [0.1, 0.15) is 0 Å². The number of hydrogen-bond donors (Lipinski definition) is 0. The zero-order valence-electron chi connectivity index (χ0n) is 10.3. The van der Waals surface area contributed by atoms with Crippen molar-refractivity contribution in [1.29, 1.82) is 0 Å². The minimum Gasteiger partial charge on any atom is -0.204 e. The van der Waals surface area contributed by atoms with Crippen molar-refractivity contribution in [3.8, 4) is 0 Å². The summed E-state index contributed by atoms with van der Waals surface area (Å²) < 4.78 is 39.2. The number of aryl methyl sites for hydroxylation is 1.